The van der Waals surface area contributed by atoms with E-state index in [0.717, 1.165) is 48.5 Å². The van der Waals surface area contributed by atoms with E-state index >= 15 is 0 Å². The Bertz CT molecular complexity index is 1410. The molecule has 2 aliphatic rings. The zero-order valence-electron chi connectivity index (χ0n) is 26.3. The standard InChI is InChI=1S/C30H44N5O6S2Si/c1-18(2)41-29(37)32-20-9-7-19(8-10-20)27-31-16-24(42-27)22-12-11-21(15-25(22)43(38,39)34-30(3,4)5)33-28(36)40-17-23-26(44)13-14-35(23)6/h11-12,15-16,18-20,23,26,34H,7-10,13-14,17H2,1-6H3,(H,32,37)(H,33,36)/t19?,20?,23-,26?/m1/s1. The Kier molecular flexibility index (Phi) is 11.1. The second-order valence-corrected chi connectivity index (χ2v) is 16.4. The maximum absolute atomic E-state index is 13.6. The van der Waals surface area contributed by atoms with Crippen LogP contribution in [0, 0.1) is 0 Å². The highest BCUT2D eigenvalue weighted by Gasteiger charge is 2.31. The van der Waals surface area contributed by atoms with Crippen molar-refractivity contribution in [3.63, 3.8) is 0 Å². The molecule has 1 aromatic heterocycles. The molecular weight excluding hydrogens is 619 g/mol. The number of carbonyl (C=O) groups excluding carboxylic acids is 2. The number of carbonyl (C=O) groups is 2. The Balaban J connectivity index is 1.49. The maximum Gasteiger partial charge on any atom is 0.411 e. The number of nitrogens with one attached hydrogen (secondary N) is 3. The highest BCUT2D eigenvalue weighted by Crippen LogP contribution is 2.40. The molecule has 1 saturated heterocycles. The molecule has 1 saturated carbocycles. The van der Waals surface area contributed by atoms with Crippen LogP contribution in [0.4, 0.5) is 15.3 Å². The van der Waals surface area contributed by atoms with Crippen molar-refractivity contribution in [3.8, 4) is 10.4 Å². The van der Waals surface area contributed by atoms with Crippen LogP contribution in [0.1, 0.15) is 77.6 Å². The van der Waals surface area contributed by atoms with Gasteiger partial charge in [-0.25, -0.2) is 27.7 Å². The number of sulfonamides is 1. The molecule has 14 heteroatoms. The summed E-state index contributed by atoms with van der Waals surface area (Å²) in [7, 11) is 1.72. The van der Waals surface area contributed by atoms with E-state index in [2.05, 4.69) is 35.5 Å². The average Bonchev–Trinajstić information content (AvgIpc) is 3.53. The molecule has 2 aromatic rings. The van der Waals surface area contributed by atoms with E-state index in [4.69, 9.17) is 9.47 Å². The molecule has 241 valence electrons. The number of ether oxygens (including phenoxy) is 2. The first-order chi connectivity index (χ1) is 20.6. The van der Waals surface area contributed by atoms with Crippen molar-refractivity contribution < 1.29 is 27.5 Å². The van der Waals surface area contributed by atoms with Crippen LogP contribution in [-0.4, -0.2) is 84.7 Å². The molecule has 0 spiro atoms. The van der Waals surface area contributed by atoms with Gasteiger partial charge in [-0.05, 0) is 98.0 Å². The van der Waals surface area contributed by atoms with Crippen molar-refractivity contribution in [3.05, 3.63) is 29.4 Å². The minimum Gasteiger partial charge on any atom is -0.448 e. The van der Waals surface area contributed by atoms with E-state index in [1.807, 2.05) is 20.9 Å². The molecule has 1 aliphatic heterocycles. The van der Waals surface area contributed by atoms with Gasteiger partial charge >= 0.3 is 12.2 Å². The molecule has 3 radical (unpaired) electrons. The number of alkyl carbamates (subject to hydrolysis) is 1. The lowest BCUT2D eigenvalue weighted by atomic mass is 9.86. The lowest BCUT2D eigenvalue weighted by Gasteiger charge is -2.28. The van der Waals surface area contributed by atoms with Gasteiger partial charge in [-0.15, -0.1) is 11.3 Å². The summed E-state index contributed by atoms with van der Waals surface area (Å²) in [6, 6.07) is 4.97. The molecule has 44 heavy (non-hydrogen) atoms. The smallest absolute Gasteiger partial charge is 0.411 e. The van der Waals surface area contributed by atoms with Gasteiger partial charge in [0.2, 0.25) is 10.0 Å². The first kappa shape index (κ1) is 34.4. The van der Waals surface area contributed by atoms with Crippen LogP contribution in [0.25, 0.3) is 10.4 Å². The third kappa shape index (κ3) is 9.25. The van der Waals surface area contributed by atoms with E-state index in [1.165, 1.54) is 17.4 Å². The van der Waals surface area contributed by atoms with Crippen molar-refractivity contribution in [2.24, 2.45) is 0 Å². The summed E-state index contributed by atoms with van der Waals surface area (Å²) in [5, 5.41) is 6.57. The lowest BCUT2D eigenvalue weighted by Crippen LogP contribution is -2.40. The predicted octanol–water partition coefficient (Wildman–Crippen LogP) is 5.26. The number of rotatable bonds is 9. The summed E-state index contributed by atoms with van der Waals surface area (Å²) < 4.78 is 40.7. The van der Waals surface area contributed by atoms with Crippen LogP contribution in [-0.2, 0) is 19.5 Å². The van der Waals surface area contributed by atoms with E-state index in [-0.39, 0.29) is 41.1 Å². The van der Waals surface area contributed by atoms with E-state index in [0.29, 0.717) is 11.3 Å². The number of likely N-dealkylation sites (N-methyl/N-ethyl adjacent to an activating group) is 1. The van der Waals surface area contributed by atoms with Crippen LogP contribution >= 0.6 is 11.3 Å². The van der Waals surface area contributed by atoms with Crippen molar-refractivity contribution in [1.82, 2.24) is 19.9 Å². The number of anilines is 1. The fourth-order valence-electron chi connectivity index (χ4n) is 5.55. The number of hydrogen-bond donors (Lipinski definition) is 3. The maximum atomic E-state index is 13.6. The number of aromatic nitrogens is 1. The second kappa shape index (κ2) is 14.3. The van der Waals surface area contributed by atoms with Gasteiger partial charge in [-0.2, -0.15) is 0 Å². The SMILES string of the molecule is CC(C)OC(=O)NC1CCC(c2ncc(-c3ccc(NC(=O)OC[C@@H]4C([Si])CCN4C)cc3S(=O)(=O)NC(C)(C)C)s2)CC1. The van der Waals surface area contributed by atoms with Gasteiger partial charge in [0.1, 0.15) is 6.61 Å². The summed E-state index contributed by atoms with van der Waals surface area (Å²) in [5.74, 6) is 0.217. The van der Waals surface area contributed by atoms with Crippen LogP contribution in [0.15, 0.2) is 29.3 Å². The Hall–Kier alpha value is -2.52. The molecule has 11 nitrogen and oxygen atoms in total. The fourth-order valence-corrected chi connectivity index (χ4v) is 8.89. The molecule has 2 fully saturated rings. The number of likely N-dealkylation sites (tertiary alicyclic amines) is 1. The van der Waals surface area contributed by atoms with Gasteiger partial charge in [0.25, 0.3) is 0 Å². The van der Waals surface area contributed by atoms with E-state index < -0.39 is 27.7 Å². The summed E-state index contributed by atoms with van der Waals surface area (Å²) in [6.07, 6.45) is 4.81. The normalized spacial score (nSPS) is 23.0. The average molecular weight is 663 g/mol. The molecule has 1 unspecified atom stereocenters. The Morgan fingerprint density at radius 3 is 2.45 bits per heavy atom. The summed E-state index contributed by atoms with van der Waals surface area (Å²) in [4.78, 5) is 32.2. The van der Waals surface area contributed by atoms with Gasteiger partial charge in [-0.1, -0.05) is 6.07 Å². The van der Waals surface area contributed by atoms with Crippen molar-refractivity contribution in [2.75, 3.05) is 25.5 Å². The molecule has 3 N–H and O–H groups in total. The highest BCUT2D eigenvalue weighted by molar-refractivity contribution is 7.89. The quantitative estimate of drug-likeness (QED) is 0.309. The number of benzene rings is 1. The number of hydrogen-bond acceptors (Lipinski definition) is 9. The molecule has 1 aliphatic carbocycles. The summed E-state index contributed by atoms with van der Waals surface area (Å²) in [6.45, 7) is 10.1. The highest BCUT2D eigenvalue weighted by atomic mass is 32.2. The topological polar surface area (TPSA) is 139 Å². The Morgan fingerprint density at radius 2 is 1.84 bits per heavy atom. The third-order valence-corrected chi connectivity index (χ3v) is 11.4. The molecule has 0 bridgehead atoms. The van der Waals surface area contributed by atoms with Gasteiger partial charge in [0.15, 0.2) is 0 Å². The monoisotopic (exact) mass is 662 g/mol. The first-order valence-electron chi connectivity index (χ1n) is 15.1. The second-order valence-electron chi connectivity index (χ2n) is 12.9. The first-order valence-corrected chi connectivity index (χ1v) is 18.0. The van der Waals surface area contributed by atoms with E-state index in [9.17, 15) is 18.0 Å². The van der Waals surface area contributed by atoms with Crippen LogP contribution < -0.4 is 15.4 Å². The Morgan fingerprint density at radius 1 is 1.14 bits per heavy atom. The number of nitrogens with zero attached hydrogens (tertiary/aromatic N) is 2. The lowest BCUT2D eigenvalue weighted by molar-refractivity contribution is 0.109. The number of thiazole rings is 1. The van der Waals surface area contributed by atoms with Gasteiger partial charge in [-0.3, -0.25) is 5.32 Å². The van der Waals surface area contributed by atoms with Crippen molar-refractivity contribution in [1.29, 1.82) is 0 Å². The molecular formula is C30H44N5O6S2Si. The molecule has 2 atom stereocenters. The minimum atomic E-state index is -3.97. The third-order valence-electron chi connectivity index (χ3n) is 7.70. The van der Waals surface area contributed by atoms with Crippen LogP contribution in [0.3, 0.4) is 0 Å². The fraction of sp³-hybridized carbons (Fsp3) is 0.633. The summed E-state index contributed by atoms with van der Waals surface area (Å²) in [5.41, 5.74) is 0.335. The van der Waals surface area contributed by atoms with E-state index in [1.54, 1.807) is 39.1 Å². The predicted molar refractivity (Wildman–Crippen MR) is 173 cm³/mol. The zero-order chi connectivity index (χ0) is 32.2. The molecule has 2 heterocycles. The summed E-state index contributed by atoms with van der Waals surface area (Å²) >= 11 is 1.47. The van der Waals surface area contributed by atoms with Crippen molar-refractivity contribution >= 4 is 49.5 Å². The molecule has 2 amide bonds. The van der Waals surface area contributed by atoms with Crippen molar-refractivity contribution in [2.45, 2.75) is 107 Å². The molecule has 4 rings (SSSR count). The van der Waals surface area contributed by atoms with Crippen LogP contribution in [0.2, 0.25) is 5.54 Å². The van der Waals surface area contributed by atoms with Gasteiger partial charge < -0.3 is 19.7 Å². The molecule has 1 aromatic carbocycles. The minimum absolute atomic E-state index is 0.0488. The number of amides is 2. The zero-order valence-corrected chi connectivity index (χ0v) is 28.9. The van der Waals surface area contributed by atoms with Crippen LogP contribution in [0.5, 0.6) is 0 Å². The van der Waals surface area contributed by atoms with Gasteiger partial charge in [0, 0.05) is 51.2 Å². The Labute approximate surface area is 268 Å². The van der Waals surface area contributed by atoms with Gasteiger partial charge in [0.05, 0.1) is 20.9 Å². The largest absolute Gasteiger partial charge is 0.448 e.